The first-order valence-corrected chi connectivity index (χ1v) is 5.56. The van der Waals surface area contributed by atoms with Gasteiger partial charge in [-0.1, -0.05) is 12.1 Å². The van der Waals surface area contributed by atoms with Gasteiger partial charge in [-0.25, -0.2) is 4.79 Å². The lowest BCUT2D eigenvalue weighted by atomic mass is 10.2. The van der Waals surface area contributed by atoms with Crippen LogP contribution in [0.5, 0.6) is 0 Å². The highest BCUT2D eigenvalue weighted by molar-refractivity contribution is 8.15. The molecule has 88 valence electrons. The number of thioether (sulfide) groups is 1. The monoisotopic (exact) mass is 252 g/mol. The summed E-state index contributed by atoms with van der Waals surface area (Å²) in [6.07, 6.45) is 0. The Balaban J connectivity index is 2.22. The molecule has 1 aliphatic heterocycles. The highest BCUT2D eigenvalue weighted by Crippen LogP contribution is 2.23. The van der Waals surface area contributed by atoms with Crippen molar-refractivity contribution in [1.29, 1.82) is 0 Å². The zero-order valence-electron chi connectivity index (χ0n) is 8.47. The number of aromatic carboxylic acids is 1. The summed E-state index contributed by atoms with van der Waals surface area (Å²) >= 11 is 0.785. The second-order valence-corrected chi connectivity index (χ2v) is 4.35. The van der Waals surface area contributed by atoms with Crippen molar-refractivity contribution in [2.75, 3.05) is 5.32 Å². The van der Waals surface area contributed by atoms with Crippen LogP contribution in [0.15, 0.2) is 24.3 Å². The molecule has 0 unspecified atom stereocenters. The van der Waals surface area contributed by atoms with Crippen LogP contribution in [-0.4, -0.2) is 27.6 Å². The molecule has 0 saturated carbocycles. The van der Waals surface area contributed by atoms with Crippen LogP contribution in [0.1, 0.15) is 10.4 Å². The number of carboxylic acids is 1. The van der Waals surface area contributed by atoms with Crippen molar-refractivity contribution >= 4 is 34.6 Å². The molecule has 7 heteroatoms. The van der Waals surface area contributed by atoms with Crippen molar-refractivity contribution in [3.05, 3.63) is 29.8 Å². The predicted octanol–water partition coefficient (Wildman–Crippen LogP) is 1.11. The fraction of sp³-hybridized carbons (Fsp3) is 0.100. The number of hydrogen-bond acceptors (Lipinski definition) is 5. The normalized spacial score (nSPS) is 18.9. The SMILES string of the molecule is O=C1NC(=O)[C@@H](Nc2ccccc2C(=O)O)S1. The van der Waals surface area contributed by atoms with Crippen LogP contribution in [0.2, 0.25) is 0 Å². The molecule has 1 heterocycles. The molecule has 2 rings (SSSR count). The Kier molecular flexibility index (Phi) is 3.01. The van der Waals surface area contributed by atoms with Crippen molar-refractivity contribution in [2.45, 2.75) is 5.37 Å². The van der Waals surface area contributed by atoms with Crippen molar-refractivity contribution in [3.63, 3.8) is 0 Å². The van der Waals surface area contributed by atoms with Crippen molar-refractivity contribution < 1.29 is 19.5 Å². The van der Waals surface area contributed by atoms with Gasteiger partial charge >= 0.3 is 5.97 Å². The van der Waals surface area contributed by atoms with E-state index in [0.717, 1.165) is 11.8 Å². The number of benzene rings is 1. The van der Waals surface area contributed by atoms with Gasteiger partial charge in [0.05, 0.1) is 5.56 Å². The minimum atomic E-state index is -1.09. The molecule has 0 aromatic heterocycles. The third-order valence-electron chi connectivity index (χ3n) is 2.13. The van der Waals surface area contributed by atoms with Crippen molar-refractivity contribution in [3.8, 4) is 0 Å². The Morgan fingerprint density at radius 2 is 2.06 bits per heavy atom. The summed E-state index contributed by atoms with van der Waals surface area (Å²) in [5.74, 6) is -1.57. The molecule has 0 bridgehead atoms. The molecule has 0 spiro atoms. The lowest BCUT2D eigenvalue weighted by Gasteiger charge is -2.11. The van der Waals surface area contributed by atoms with Gasteiger partial charge in [-0.3, -0.25) is 14.9 Å². The van der Waals surface area contributed by atoms with E-state index >= 15 is 0 Å². The van der Waals surface area contributed by atoms with Crippen LogP contribution in [-0.2, 0) is 4.79 Å². The average molecular weight is 252 g/mol. The lowest BCUT2D eigenvalue weighted by Crippen LogP contribution is -2.29. The summed E-state index contributed by atoms with van der Waals surface area (Å²) in [7, 11) is 0. The molecule has 1 aromatic carbocycles. The molecule has 2 amide bonds. The van der Waals surface area contributed by atoms with Crippen LogP contribution in [0.4, 0.5) is 10.5 Å². The minimum Gasteiger partial charge on any atom is -0.478 e. The van der Waals surface area contributed by atoms with Gasteiger partial charge in [-0.05, 0) is 23.9 Å². The molecule has 1 saturated heterocycles. The first-order valence-electron chi connectivity index (χ1n) is 4.68. The summed E-state index contributed by atoms with van der Waals surface area (Å²) in [4.78, 5) is 33.2. The smallest absolute Gasteiger partial charge is 0.337 e. The van der Waals surface area contributed by atoms with Gasteiger partial charge < -0.3 is 10.4 Å². The Morgan fingerprint density at radius 3 is 2.65 bits per heavy atom. The first kappa shape index (κ1) is 11.5. The Hall–Kier alpha value is -2.02. The van der Waals surface area contributed by atoms with Crippen LogP contribution in [0, 0.1) is 0 Å². The van der Waals surface area contributed by atoms with E-state index in [1.165, 1.54) is 6.07 Å². The fourth-order valence-corrected chi connectivity index (χ4v) is 2.11. The highest BCUT2D eigenvalue weighted by Gasteiger charge is 2.32. The molecule has 1 aliphatic rings. The summed E-state index contributed by atoms with van der Waals surface area (Å²) in [6.45, 7) is 0. The van der Waals surface area contributed by atoms with Crippen LogP contribution >= 0.6 is 11.8 Å². The molecule has 0 radical (unpaired) electrons. The fourth-order valence-electron chi connectivity index (χ4n) is 1.39. The number of amides is 2. The van der Waals surface area contributed by atoms with E-state index < -0.39 is 22.5 Å². The average Bonchev–Trinajstić information content (AvgIpc) is 2.58. The van der Waals surface area contributed by atoms with Crippen molar-refractivity contribution in [1.82, 2.24) is 5.32 Å². The van der Waals surface area contributed by atoms with Gasteiger partial charge in [0.1, 0.15) is 0 Å². The second kappa shape index (κ2) is 4.46. The third-order valence-corrected chi connectivity index (χ3v) is 3.02. The standard InChI is InChI=1S/C10H8N2O4S/c13-7-8(17-10(16)12-7)11-6-4-2-1-3-5(6)9(14)15/h1-4,8,11H,(H,14,15)(H,12,13,16)/t8-/m0/s1. The zero-order chi connectivity index (χ0) is 12.4. The van der Waals surface area contributed by atoms with Gasteiger partial charge in [-0.2, -0.15) is 0 Å². The van der Waals surface area contributed by atoms with Crippen LogP contribution in [0.3, 0.4) is 0 Å². The number of carboxylic acid groups (broad SMARTS) is 1. The quantitative estimate of drug-likeness (QED) is 0.745. The molecule has 3 N–H and O–H groups in total. The molecule has 17 heavy (non-hydrogen) atoms. The van der Waals surface area contributed by atoms with Gasteiger partial charge in [0, 0.05) is 5.69 Å². The summed E-state index contributed by atoms with van der Waals surface area (Å²) in [5.41, 5.74) is 0.364. The van der Waals surface area contributed by atoms with E-state index in [1.807, 2.05) is 0 Å². The maximum atomic E-state index is 11.3. The topological polar surface area (TPSA) is 95.5 Å². The van der Waals surface area contributed by atoms with Gasteiger partial charge in [0.2, 0.25) is 0 Å². The number of carbonyl (C=O) groups excluding carboxylic acids is 2. The maximum Gasteiger partial charge on any atom is 0.337 e. The van der Waals surface area contributed by atoms with E-state index in [-0.39, 0.29) is 5.56 Å². The maximum absolute atomic E-state index is 11.3. The Morgan fingerprint density at radius 1 is 1.35 bits per heavy atom. The summed E-state index contributed by atoms with van der Waals surface area (Å²) in [5, 5.41) is 12.5. The minimum absolute atomic E-state index is 0.0558. The zero-order valence-corrected chi connectivity index (χ0v) is 9.28. The summed E-state index contributed by atoms with van der Waals surface area (Å²) < 4.78 is 0. The number of imide groups is 1. The molecule has 6 nitrogen and oxygen atoms in total. The number of rotatable bonds is 3. The van der Waals surface area contributed by atoms with Gasteiger partial charge in [0.15, 0.2) is 5.37 Å². The largest absolute Gasteiger partial charge is 0.478 e. The van der Waals surface area contributed by atoms with E-state index in [2.05, 4.69) is 10.6 Å². The second-order valence-electron chi connectivity index (χ2n) is 3.27. The molecule has 0 aliphatic carbocycles. The third kappa shape index (κ3) is 2.39. The van der Waals surface area contributed by atoms with Gasteiger partial charge in [0.25, 0.3) is 11.1 Å². The molecular weight excluding hydrogens is 244 g/mol. The van der Waals surface area contributed by atoms with E-state index in [4.69, 9.17) is 5.11 Å². The number of hydrogen-bond donors (Lipinski definition) is 3. The number of anilines is 1. The molecule has 1 fully saturated rings. The van der Waals surface area contributed by atoms with Crippen molar-refractivity contribution in [2.24, 2.45) is 0 Å². The highest BCUT2D eigenvalue weighted by atomic mass is 32.2. The Labute approximate surface area is 100 Å². The van der Waals surface area contributed by atoms with E-state index in [1.54, 1.807) is 18.2 Å². The number of nitrogens with one attached hydrogen (secondary N) is 2. The van der Waals surface area contributed by atoms with Gasteiger partial charge in [-0.15, -0.1) is 0 Å². The van der Waals surface area contributed by atoms with Crippen LogP contribution < -0.4 is 10.6 Å². The lowest BCUT2D eigenvalue weighted by molar-refractivity contribution is -0.118. The van der Waals surface area contributed by atoms with E-state index in [0.29, 0.717) is 5.69 Å². The molecular formula is C10H8N2O4S. The summed E-state index contributed by atoms with van der Waals surface area (Å²) in [6, 6.07) is 6.19. The number of para-hydroxylation sites is 1. The predicted molar refractivity (Wildman–Crippen MR) is 61.9 cm³/mol. The van der Waals surface area contributed by atoms with E-state index in [9.17, 15) is 14.4 Å². The van der Waals surface area contributed by atoms with Crippen LogP contribution in [0.25, 0.3) is 0 Å². The first-order chi connectivity index (χ1) is 8.08. The molecule has 1 atom stereocenters. The molecule has 1 aromatic rings. The number of carbonyl (C=O) groups is 3. The Bertz CT molecular complexity index is 503.